The second-order valence-corrected chi connectivity index (χ2v) is 5.47. The summed E-state index contributed by atoms with van der Waals surface area (Å²) in [7, 11) is 0. The molecule has 0 radical (unpaired) electrons. The van der Waals surface area contributed by atoms with Crippen molar-refractivity contribution < 1.29 is 9.59 Å². The molecule has 0 bridgehead atoms. The van der Waals surface area contributed by atoms with Crippen LogP contribution in [0.25, 0.3) is 0 Å². The summed E-state index contributed by atoms with van der Waals surface area (Å²) in [6.07, 6.45) is 8.76. The Morgan fingerprint density at radius 2 is 1.72 bits per heavy atom. The van der Waals surface area contributed by atoms with Crippen LogP contribution < -0.4 is 5.32 Å². The first-order valence-electron chi connectivity index (χ1n) is 7.33. The molecule has 2 fully saturated rings. The van der Waals surface area contributed by atoms with Gasteiger partial charge in [-0.15, -0.1) is 0 Å². The molecule has 2 rings (SSSR count). The molecular formula is C14H24N2O2. The zero-order chi connectivity index (χ0) is 12.8. The average molecular weight is 252 g/mol. The van der Waals surface area contributed by atoms with Crippen LogP contribution >= 0.6 is 0 Å². The van der Waals surface area contributed by atoms with Crippen LogP contribution in [0.1, 0.15) is 51.4 Å². The van der Waals surface area contributed by atoms with Gasteiger partial charge in [0, 0.05) is 32.0 Å². The first-order chi connectivity index (χ1) is 8.77. The van der Waals surface area contributed by atoms with Crippen molar-refractivity contribution in [2.45, 2.75) is 51.4 Å². The quantitative estimate of drug-likeness (QED) is 0.772. The van der Waals surface area contributed by atoms with E-state index in [9.17, 15) is 9.59 Å². The first-order valence-corrected chi connectivity index (χ1v) is 7.33. The van der Waals surface area contributed by atoms with Gasteiger partial charge in [0.25, 0.3) is 0 Å². The van der Waals surface area contributed by atoms with Crippen LogP contribution in [0.5, 0.6) is 0 Å². The highest BCUT2D eigenvalue weighted by Crippen LogP contribution is 2.24. The fourth-order valence-electron chi connectivity index (χ4n) is 2.95. The Balaban J connectivity index is 1.89. The number of amides is 2. The van der Waals surface area contributed by atoms with Crippen molar-refractivity contribution >= 4 is 11.8 Å². The summed E-state index contributed by atoms with van der Waals surface area (Å²) in [5.41, 5.74) is 0. The average Bonchev–Trinajstić information content (AvgIpc) is 2.53. The lowest BCUT2D eigenvalue weighted by molar-refractivity contribution is -0.136. The largest absolute Gasteiger partial charge is 0.354 e. The SMILES string of the molecule is O=C1CCN(C(=O)C2CCCCCCC2)CCN1. The van der Waals surface area contributed by atoms with Crippen molar-refractivity contribution in [2.75, 3.05) is 19.6 Å². The molecule has 0 aromatic rings. The van der Waals surface area contributed by atoms with Crippen LogP contribution in [-0.4, -0.2) is 36.3 Å². The Hall–Kier alpha value is -1.06. The Bertz CT molecular complexity index is 296. The number of hydrogen-bond donors (Lipinski definition) is 1. The van der Waals surface area contributed by atoms with Gasteiger partial charge in [-0.1, -0.05) is 32.1 Å². The maximum atomic E-state index is 12.5. The van der Waals surface area contributed by atoms with Crippen LogP contribution in [-0.2, 0) is 9.59 Å². The van der Waals surface area contributed by atoms with Crippen molar-refractivity contribution in [1.29, 1.82) is 0 Å². The summed E-state index contributed by atoms with van der Waals surface area (Å²) in [6, 6.07) is 0. The molecule has 0 aromatic heterocycles. The molecule has 4 nitrogen and oxygen atoms in total. The van der Waals surface area contributed by atoms with Crippen molar-refractivity contribution in [3.05, 3.63) is 0 Å². The molecule has 18 heavy (non-hydrogen) atoms. The predicted octanol–water partition coefficient (Wildman–Crippen LogP) is 1.70. The van der Waals surface area contributed by atoms with Gasteiger partial charge in [-0.05, 0) is 12.8 Å². The molecule has 1 aliphatic carbocycles. The lowest BCUT2D eigenvalue weighted by Gasteiger charge is -2.26. The molecule has 4 heteroatoms. The van der Waals surface area contributed by atoms with Gasteiger partial charge in [-0.2, -0.15) is 0 Å². The molecule has 102 valence electrons. The van der Waals surface area contributed by atoms with E-state index >= 15 is 0 Å². The Labute approximate surface area is 109 Å². The van der Waals surface area contributed by atoms with Gasteiger partial charge in [0.1, 0.15) is 0 Å². The van der Waals surface area contributed by atoms with Gasteiger partial charge in [0.05, 0.1) is 0 Å². The number of hydrogen-bond acceptors (Lipinski definition) is 2. The Morgan fingerprint density at radius 1 is 1.06 bits per heavy atom. The minimum Gasteiger partial charge on any atom is -0.354 e. The first kappa shape index (κ1) is 13.4. The Morgan fingerprint density at radius 3 is 2.44 bits per heavy atom. The smallest absolute Gasteiger partial charge is 0.225 e. The summed E-state index contributed by atoms with van der Waals surface area (Å²) in [4.78, 5) is 25.6. The molecule has 2 aliphatic rings. The highest BCUT2D eigenvalue weighted by molar-refractivity contribution is 5.81. The van der Waals surface area contributed by atoms with E-state index in [4.69, 9.17) is 0 Å². The van der Waals surface area contributed by atoms with Gasteiger partial charge >= 0.3 is 0 Å². The maximum absolute atomic E-state index is 12.5. The number of carbonyl (C=O) groups excluding carboxylic acids is 2. The van der Waals surface area contributed by atoms with Crippen molar-refractivity contribution in [3.63, 3.8) is 0 Å². The zero-order valence-corrected chi connectivity index (χ0v) is 11.1. The highest BCUT2D eigenvalue weighted by atomic mass is 16.2. The zero-order valence-electron chi connectivity index (χ0n) is 11.1. The third-order valence-corrected chi connectivity index (χ3v) is 4.08. The summed E-state index contributed by atoms with van der Waals surface area (Å²) < 4.78 is 0. The van der Waals surface area contributed by atoms with E-state index in [1.807, 2.05) is 4.90 Å². The van der Waals surface area contributed by atoms with E-state index in [0.717, 1.165) is 12.8 Å². The summed E-state index contributed by atoms with van der Waals surface area (Å²) in [5.74, 6) is 0.565. The maximum Gasteiger partial charge on any atom is 0.225 e. The van der Waals surface area contributed by atoms with Crippen molar-refractivity contribution in [3.8, 4) is 0 Å². The second-order valence-electron chi connectivity index (χ2n) is 5.47. The molecule has 0 spiro atoms. The third kappa shape index (κ3) is 3.72. The van der Waals surface area contributed by atoms with E-state index in [2.05, 4.69) is 5.32 Å². The molecule has 0 unspecified atom stereocenters. The minimum absolute atomic E-state index is 0.0722. The van der Waals surface area contributed by atoms with E-state index < -0.39 is 0 Å². The van der Waals surface area contributed by atoms with E-state index in [1.54, 1.807) is 0 Å². The molecule has 2 amide bonds. The van der Waals surface area contributed by atoms with Gasteiger partial charge in [0.2, 0.25) is 11.8 Å². The van der Waals surface area contributed by atoms with Gasteiger partial charge in [0.15, 0.2) is 0 Å². The van der Waals surface area contributed by atoms with Gasteiger partial charge < -0.3 is 10.2 Å². The van der Waals surface area contributed by atoms with Crippen LogP contribution in [0.2, 0.25) is 0 Å². The number of rotatable bonds is 1. The number of carbonyl (C=O) groups is 2. The van der Waals surface area contributed by atoms with Crippen LogP contribution in [0.3, 0.4) is 0 Å². The van der Waals surface area contributed by atoms with E-state index in [1.165, 1.54) is 32.1 Å². The second kappa shape index (κ2) is 6.76. The van der Waals surface area contributed by atoms with Crippen LogP contribution in [0.15, 0.2) is 0 Å². The van der Waals surface area contributed by atoms with E-state index in [-0.39, 0.29) is 17.7 Å². The van der Waals surface area contributed by atoms with Crippen molar-refractivity contribution in [1.82, 2.24) is 10.2 Å². The molecule has 0 atom stereocenters. The normalized spacial score (nSPS) is 23.8. The molecule has 1 saturated carbocycles. The summed E-state index contributed by atoms with van der Waals surface area (Å²) in [5, 5.41) is 2.82. The standard InChI is InChI=1S/C14H24N2O2/c17-13-8-10-16(11-9-15-13)14(18)12-6-4-2-1-3-5-7-12/h12H,1-11H2,(H,15,17). The lowest BCUT2D eigenvalue weighted by Crippen LogP contribution is -2.38. The Kier molecular flexibility index (Phi) is 5.02. The molecule has 0 aromatic carbocycles. The van der Waals surface area contributed by atoms with Crippen LogP contribution in [0, 0.1) is 5.92 Å². The monoisotopic (exact) mass is 252 g/mol. The molecule has 1 aliphatic heterocycles. The predicted molar refractivity (Wildman–Crippen MR) is 70.0 cm³/mol. The fourth-order valence-corrected chi connectivity index (χ4v) is 2.95. The fraction of sp³-hybridized carbons (Fsp3) is 0.857. The van der Waals surface area contributed by atoms with Crippen molar-refractivity contribution in [2.24, 2.45) is 5.92 Å². The lowest BCUT2D eigenvalue weighted by atomic mass is 9.90. The summed E-state index contributed by atoms with van der Waals surface area (Å²) >= 11 is 0. The number of nitrogens with zero attached hydrogens (tertiary/aromatic N) is 1. The number of nitrogens with one attached hydrogen (secondary N) is 1. The molecule has 1 N–H and O–H groups in total. The third-order valence-electron chi connectivity index (χ3n) is 4.08. The highest BCUT2D eigenvalue weighted by Gasteiger charge is 2.26. The van der Waals surface area contributed by atoms with Crippen LogP contribution in [0.4, 0.5) is 0 Å². The van der Waals surface area contributed by atoms with Gasteiger partial charge in [-0.3, -0.25) is 9.59 Å². The van der Waals surface area contributed by atoms with Gasteiger partial charge in [-0.25, -0.2) is 0 Å². The topological polar surface area (TPSA) is 49.4 Å². The molecular weight excluding hydrogens is 228 g/mol. The molecule has 1 heterocycles. The van der Waals surface area contributed by atoms with E-state index in [0.29, 0.717) is 26.1 Å². The molecule has 1 saturated heterocycles. The summed E-state index contributed by atoms with van der Waals surface area (Å²) in [6.45, 7) is 1.89. The minimum atomic E-state index is 0.0722.